The molecule has 1 aromatic rings. The minimum atomic E-state index is 0.141. The minimum Gasteiger partial charge on any atom is -0.368 e. The summed E-state index contributed by atoms with van der Waals surface area (Å²) in [5.74, 6) is 0.944. The third kappa shape index (κ3) is 3.95. The maximum atomic E-state index is 4.51. The molecule has 0 atom stereocenters. The van der Waals surface area contributed by atoms with Crippen LogP contribution in [-0.2, 0) is 6.54 Å². The molecule has 0 radical (unpaired) electrons. The Labute approximate surface area is 122 Å². The molecule has 2 aliphatic rings. The van der Waals surface area contributed by atoms with Gasteiger partial charge in [-0.05, 0) is 64.5 Å². The molecule has 1 N–H and O–H groups in total. The zero-order valence-corrected chi connectivity index (χ0v) is 13.0. The van der Waals surface area contributed by atoms with E-state index in [2.05, 4.69) is 48.1 Å². The van der Waals surface area contributed by atoms with Gasteiger partial charge in [-0.3, -0.25) is 4.98 Å². The summed E-state index contributed by atoms with van der Waals surface area (Å²) < 4.78 is 0. The Kier molecular flexibility index (Phi) is 3.72. The predicted octanol–water partition coefficient (Wildman–Crippen LogP) is 3.35. The second-order valence-corrected chi connectivity index (χ2v) is 7.44. The van der Waals surface area contributed by atoms with Crippen molar-refractivity contribution < 1.29 is 0 Å². The van der Waals surface area contributed by atoms with Gasteiger partial charge >= 0.3 is 0 Å². The highest BCUT2D eigenvalue weighted by atomic mass is 15.2. The minimum absolute atomic E-state index is 0.141. The van der Waals surface area contributed by atoms with Gasteiger partial charge in [0.2, 0.25) is 0 Å². The highest BCUT2D eigenvalue weighted by molar-refractivity contribution is 5.49. The van der Waals surface area contributed by atoms with E-state index >= 15 is 0 Å². The lowest BCUT2D eigenvalue weighted by Crippen LogP contribution is -2.35. The van der Waals surface area contributed by atoms with Crippen LogP contribution in [0.5, 0.6) is 0 Å². The number of nitrogens with zero attached hydrogens (tertiary/aromatic N) is 2. The Morgan fingerprint density at radius 3 is 2.60 bits per heavy atom. The zero-order valence-electron chi connectivity index (χ0n) is 13.0. The third-order valence-corrected chi connectivity index (χ3v) is 4.07. The lowest BCUT2D eigenvalue weighted by Gasteiger charge is -2.25. The summed E-state index contributed by atoms with van der Waals surface area (Å²) in [7, 11) is 0. The van der Waals surface area contributed by atoms with Gasteiger partial charge in [0.15, 0.2) is 0 Å². The van der Waals surface area contributed by atoms with Crippen LogP contribution < -0.4 is 10.2 Å². The quantitative estimate of drug-likeness (QED) is 0.861. The molecule has 0 spiro atoms. The molecule has 0 saturated heterocycles. The summed E-state index contributed by atoms with van der Waals surface area (Å²) >= 11 is 0. The molecule has 0 bridgehead atoms. The van der Waals surface area contributed by atoms with Crippen molar-refractivity contribution in [1.82, 2.24) is 10.3 Å². The topological polar surface area (TPSA) is 28.2 Å². The largest absolute Gasteiger partial charge is 0.368 e. The average Bonchev–Trinajstić information content (AvgIpc) is 3.25. The van der Waals surface area contributed by atoms with Gasteiger partial charge in [0.1, 0.15) is 0 Å². The van der Waals surface area contributed by atoms with E-state index in [1.165, 1.54) is 37.9 Å². The van der Waals surface area contributed by atoms with Crippen molar-refractivity contribution >= 4 is 5.69 Å². The Balaban J connectivity index is 1.68. The second-order valence-electron chi connectivity index (χ2n) is 7.44. The van der Waals surface area contributed by atoms with Crippen molar-refractivity contribution in [3.8, 4) is 0 Å². The van der Waals surface area contributed by atoms with E-state index in [0.29, 0.717) is 0 Å². The predicted molar refractivity (Wildman–Crippen MR) is 83.9 cm³/mol. The van der Waals surface area contributed by atoms with E-state index in [1.807, 2.05) is 6.20 Å². The van der Waals surface area contributed by atoms with E-state index in [9.17, 15) is 0 Å². The van der Waals surface area contributed by atoms with Gasteiger partial charge in [-0.25, -0.2) is 0 Å². The molecular formula is C17H27N3. The maximum Gasteiger partial charge on any atom is 0.0562 e. The van der Waals surface area contributed by atoms with E-state index in [0.717, 1.165) is 24.2 Å². The molecule has 3 rings (SSSR count). The van der Waals surface area contributed by atoms with Crippen LogP contribution in [0.4, 0.5) is 5.69 Å². The Hall–Kier alpha value is -1.09. The number of anilines is 1. The fourth-order valence-corrected chi connectivity index (χ4v) is 2.53. The summed E-state index contributed by atoms with van der Waals surface area (Å²) in [6.07, 6.45) is 7.55. The molecule has 3 nitrogen and oxygen atoms in total. The van der Waals surface area contributed by atoms with Crippen LogP contribution in [0.15, 0.2) is 18.3 Å². The Morgan fingerprint density at radius 2 is 2.00 bits per heavy atom. The van der Waals surface area contributed by atoms with Gasteiger partial charge in [0, 0.05) is 36.6 Å². The SMILES string of the molecule is CC(C)(C)NCc1cc(N(CC2CC2)C2CC2)ccn1. The van der Waals surface area contributed by atoms with Crippen molar-refractivity contribution in [2.24, 2.45) is 5.92 Å². The summed E-state index contributed by atoms with van der Waals surface area (Å²) in [4.78, 5) is 7.14. The standard InChI is InChI=1S/C17H27N3/c1-17(2,3)19-11-14-10-16(8-9-18-14)20(15-6-7-15)12-13-4-5-13/h8-10,13,15,19H,4-7,11-12H2,1-3H3. The molecule has 0 aliphatic heterocycles. The van der Waals surface area contributed by atoms with E-state index in [1.54, 1.807) is 0 Å². The summed E-state index contributed by atoms with van der Waals surface area (Å²) in [5, 5.41) is 3.52. The summed E-state index contributed by atoms with van der Waals surface area (Å²) in [6, 6.07) is 5.25. The number of aromatic nitrogens is 1. The number of hydrogen-bond acceptors (Lipinski definition) is 3. The van der Waals surface area contributed by atoms with Gasteiger partial charge < -0.3 is 10.2 Å². The normalized spacial score (nSPS) is 19.1. The number of hydrogen-bond donors (Lipinski definition) is 1. The maximum absolute atomic E-state index is 4.51. The lowest BCUT2D eigenvalue weighted by molar-refractivity contribution is 0.421. The van der Waals surface area contributed by atoms with Crippen molar-refractivity contribution in [1.29, 1.82) is 0 Å². The van der Waals surface area contributed by atoms with Gasteiger partial charge in [0.05, 0.1) is 5.69 Å². The third-order valence-electron chi connectivity index (χ3n) is 4.07. The monoisotopic (exact) mass is 273 g/mol. The first kappa shape index (κ1) is 13.9. The van der Waals surface area contributed by atoms with Gasteiger partial charge in [-0.1, -0.05) is 0 Å². The number of pyridine rings is 1. The summed E-state index contributed by atoms with van der Waals surface area (Å²) in [6.45, 7) is 8.68. The van der Waals surface area contributed by atoms with Crippen molar-refractivity contribution in [2.45, 2.75) is 64.6 Å². The van der Waals surface area contributed by atoms with Crippen LogP contribution in [-0.4, -0.2) is 23.1 Å². The molecule has 0 unspecified atom stereocenters. The molecule has 0 amide bonds. The van der Waals surface area contributed by atoms with Crippen LogP contribution in [0, 0.1) is 5.92 Å². The first-order chi connectivity index (χ1) is 9.51. The van der Waals surface area contributed by atoms with Gasteiger partial charge in [-0.15, -0.1) is 0 Å². The average molecular weight is 273 g/mol. The molecule has 2 aliphatic carbocycles. The molecule has 110 valence electrons. The molecule has 1 aromatic heterocycles. The van der Waals surface area contributed by atoms with E-state index in [4.69, 9.17) is 0 Å². The van der Waals surface area contributed by atoms with Crippen LogP contribution in [0.25, 0.3) is 0 Å². The highest BCUT2D eigenvalue weighted by Crippen LogP contribution is 2.37. The lowest BCUT2D eigenvalue weighted by atomic mass is 10.1. The highest BCUT2D eigenvalue weighted by Gasteiger charge is 2.33. The van der Waals surface area contributed by atoms with Crippen molar-refractivity contribution in [2.75, 3.05) is 11.4 Å². The first-order valence-corrected chi connectivity index (χ1v) is 7.98. The van der Waals surface area contributed by atoms with Gasteiger partial charge in [-0.2, -0.15) is 0 Å². The second kappa shape index (κ2) is 5.36. The fraction of sp³-hybridized carbons (Fsp3) is 0.706. The zero-order chi connectivity index (χ0) is 14.2. The first-order valence-electron chi connectivity index (χ1n) is 7.98. The van der Waals surface area contributed by atoms with Crippen LogP contribution in [0.3, 0.4) is 0 Å². The molecule has 1 heterocycles. The smallest absolute Gasteiger partial charge is 0.0562 e. The molecular weight excluding hydrogens is 246 g/mol. The van der Waals surface area contributed by atoms with Crippen LogP contribution in [0.2, 0.25) is 0 Å². The fourth-order valence-electron chi connectivity index (χ4n) is 2.53. The molecule has 2 saturated carbocycles. The molecule has 20 heavy (non-hydrogen) atoms. The Bertz CT molecular complexity index is 456. The van der Waals surface area contributed by atoms with E-state index in [-0.39, 0.29) is 5.54 Å². The molecule has 3 heteroatoms. The summed E-state index contributed by atoms with van der Waals surface area (Å²) in [5.41, 5.74) is 2.67. The van der Waals surface area contributed by atoms with Crippen LogP contribution >= 0.6 is 0 Å². The van der Waals surface area contributed by atoms with Crippen molar-refractivity contribution in [3.63, 3.8) is 0 Å². The Morgan fingerprint density at radius 1 is 1.25 bits per heavy atom. The molecule has 2 fully saturated rings. The van der Waals surface area contributed by atoms with Crippen LogP contribution in [0.1, 0.15) is 52.1 Å². The van der Waals surface area contributed by atoms with E-state index < -0.39 is 0 Å². The van der Waals surface area contributed by atoms with Crippen molar-refractivity contribution in [3.05, 3.63) is 24.0 Å². The number of nitrogens with one attached hydrogen (secondary N) is 1. The number of rotatable bonds is 6. The molecule has 0 aromatic carbocycles. The van der Waals surface area contributed by atoms with Gasteiger partial charge in [0.25, 0.3) is 0 Å².